The second kappa shape index (κ2) is 5.79. The number of fused-ring (bicyclic) bond motifs is 1. The lowest BCUT2D eigenvalue weighted by atomic mass is 10.1. The highest BCUT2D eigenvalue weighted by Gasteiger charge is 2.02. The van der Waals surface area contributed by atoms with Crippen molar-refractivity contribution in [2.24, 2.45) is 0 Å². The van der Waals surface area contributed by atoms with Gasteiger partial charge in [-0.05, 0) is 29.3 Å². The lowest BCUT2D eigenvalue weighted by Gasteiger charge is -2.08. The first-order valence-electron chi connectivity index (χ1n) is 7.10. The minimum absolute atomic E-state index is 0.128. The van der Waals surface area contributed by atoms with Crippen LogP contribution in [0.5, 0.6) is 0 Å². The van der Waals surface area contributed by atoms with Gasteiger partial charge in [0.1, 0.15) is 0 Å². The van der Waals surface area contributed by atoms with E-state index in [9.17, 15) is 4.79 Å². The average molecular weight is 279 g/mol. The van der Waals surface area contributed by atoms with Gasteiger partial charge in [0, 0.05) is 17.4 Å². The molecule has 1 heterocycles. The molecule has 2 N–H and O–H groups in total. The van der Waals surface area contributed by atoms with Crippen molar-refractivity contribution in [1.29, 1.82) is 0 Å². The van der Waals surface area contributed by atoms with Crippen molar-refractivity contribution in [2.75, 3.05) is 5.32 Å². The van der Waals surface area contributed by atoms with E-state index >= 15 is 0 Å². The average Bonchev–Trinajstić information content (AvgIpc) is 2.47. The number of rotatable bonds is 4. The molecule has 3 aromatic rings. The summed E-state index contributed by atoms with van der Waals surface area (Å²) in [5, 5.41) is 5.50. The third-order valence-corrected chi connectivity index (χ3v) is 3.31. The highest BCUT2D eigenvalue weighted by Crippen LogP contribution is 2.20. The molecule has 106 valence electrons. The third-order valence-electron chi connectivity index (χ3n) is 3.31. The van der Waals surface area contributed by atoms with Crippen LogP contribution in [0.2, 0.25) is 0 Å². The fourth-order valence-electron chi connectivity index (χ4n) is 2.36. The Balaban J connectivity index is 1.92. The standard InChI is InChI=1S/C17H17N3O/c1-2-5-14-11-16(21)20-17(18-14)19-15-9-8-12-6-3-4-7-13(12)10-15/h3-4,6-11H,2,5H2,1H3,(H2,18,19,20,21). The number of hydrogen-bond acceptors (Lipinski definition) is 3. The van der Waals surface area contributed by atoms with Gasteiger partial charge < -0.3 is 5.32 Å². The zero-order chi connectivity index (χ0) is 14.7. The Hall–Kier alpha value is -2.62. The summed E-state index contributed by atoms with van der Waals surface area (Å²) >= 11 is 0. The molecule has 1 aromatic heterocycles. The second-order valence-electron chi connectivity index (χ2n) is 5.02. The molecular formula is C17H17N3O. The zero-order valence-electron chi connectivity index (χ0n) is 11.9. The summed E-state index contributed by atoms with van der Waals surface area (Å²) in [5.41, 5.74) is 1.59. The maximum Gasteiger partial charge on any atom is 0.252 e. The number of nitrogens with zero attached hydrogens (tertiary/aromatic N) is 1. The van der Waals surface area contributed by atoms with E-state index in [0.29, 0.717) is 5.95 Å². The van der Waals surface area contributed by atoms with Crippen LogP contribution in [0.25, 0.3) is 10.8 Å². The smallest absolute Gasteiger partial charge is 0.252 e. The van der Waals surface area contributed by atoms with Gasteiger partial charge in [-0.1, -0.05) is 43.7 Å². The van der Waals surface area contributed by atoms with Crippen LogP contribution >= 0.6 is 0 Å². The molecule has 0 saturated carbocycles. The highest BCUT2D eigenvalue weighted by atomic mass is 16.1. The van der Waals surface area contributed by atoms with Gasteiger partial charge in [-0.2, -0.15) is 0 Å². The predicted octanol–water partition coefficient (Wildman–Crippen LogP) is 3.62. The van der Waals surface area contributed by atoms with Crippen LogP contribution in [0, 0.1) is 0 Å². The number of nitrogens with one attached hydrogen (secondary N) is 2. The molecule has 0 unspecified atom stereocenters. The Morgan fingerprint density at radius 2 is 1.90 bits per heavy atom. The van der Waals surface area contributed by atoms with Crippen LogP contribution < -0.4 is 10.9 Å². The largest absolute Gasteiger partial charge is 0.326 e. The van der Waals surface area contributed by atoms with Crippen molar-refractivity contribution in [1.82, 2.24) is 9.97 Å². The van der Waals surface area contributed by atoms with Gasteiger partial charge in [-0.25, -0.2) is 4.98 Å². The first-order valence-corrected chi connectivity index (χ1v) is 7.10. The number of aromatic amines is 1. The van der Waals surface area contributed by atoms with Crippen LogP contribution in [-0.4, -0.2) is 9.97 Å². The number of H-pyrrole nitrogens is 1. The third kappa shape index (κ3) is 3.11. The number of benzene rings is 2. The molecule has 3 rings (SSSR count). The lowest BCUT2D eigenvalue weighted by molar-refractivity contribution is 0.870. The Morgan fingerprint density at radius 3 is 2.71 bits per heavy atom. The Kier molecular flexibility index (Phi) is 3.69. The Labute approximate surface area is 122 Å². The van der Waals surface area contributed by atoms with E-state index in [1.807, 2.05) is 30.3 Å². The van der Waals surface area contributed by atoms with E-state index < -0.39 is 0 Å². The molecule has 0 atom stereocenters. The molecule has 0 amide bonds. The monoisotopic (exact) mass is 279 g/mol. The molecule has 0 saturated heterocycles. The molecule has 0 aliphatic heterocycles. The second-order valence-corrected chi connectivity index (χ2v) is 5.02. The van der Waals surface area contributed by atoms with Gasteiger partial charge in [-0.15, -0.1) is 0 Å². The van der Waals surface area contributed by atoms with Gasteiger partial charge in [0.15, 0.2) is 0 Å². The van der Waals surface area contributed by atoms with Crippen LogP contribution in [0.3, 0.4) is 0 Å². The van der Waals surface area contributed by atoms with Crippen molar-refractivity contribution >= 4 is 22.4 Å². The molecule has 4 nitrogen and oxygen atoms in total. The van der Waals surface area contributed by atoms with E-state index in [-0.39, 0.29) is 5.56 Å². The highest BCUT2D eigenvalue weighted by molar-refractivity contribution is 5.86. The summed E-state index contributed by atoms with van der Waals surface area (Å²) in [6.07, 6.45) is 1.77. The summed E-state index contributed by atoms with van der Waals surface area (Å²) in [5.74, 6) is 0.487. The number of anilines is 2. The fourth-order valence-corrected chi connectivity index (χ4v) is 2.36. The quantitative estimate of drug-likeness (QED) is 0.767. The minimum atomic E-state index is -0.128. The Bertz CT molecular complexity index is 823. The normalized spacial score (nSPS) is 10.7. The van der Waals surface area contributed by atoms with E-state index in [1.54, 1.807) is 6.07 Å². The number of aryl methyl sites for hydroxylation is 1. The molecule has 2 aromatic carbocycles. The maximum atomic E-state index is 11.7. The summed E-state index contributed by atoms with van der Waals surface area (Å²) in [6.45, 7) is 2.07. The van der Waals surface area contributed by atoms with Crippen LogP contribution in [0.15, 0.2) is 53.3 Å². The summed E-state index contributed by atoms with van der Waals surface area (Å²) in [7, 11) is 0. The predicted molar refractivity (Wildman–Crippen MR) is 86.1 cm³/mol. The Morgan fingerprint density at radius 1 is 1.10 bits per heavy atom. The zero-order valence-corrected chi connectivity index (χ0v) is 11.9. The summed E-state index contributed by atoms with van der Waals surface area (Å²) < 4.78 is 0. The van der Waals surface area contributed by atoms with Gasteiger partial charge in [-0.3, -0.25) is 9.78 Å². The van der Waals surface area contributed by atoms with Crippen molar-refractivity contribution in [3.05, 3.63) is 64.6 Å². The van der Waals surface area contributed by atoms with Crippen molar-refractivity contribution in [3.63, 3.8) is 0 Å². The van der Waals surface area contributed by atoms with Gasteiger partial charge in [0.05, 0.1) is 0 Å². The first-order chi connectivity index (χ1) is 10.2. The molecule has 4 heteroatoms. The molecule has 0 bridgehead atoms. The first kappa shape index (κ1) is 13.4. The summed E-state index contributed by atoms with van der Waals surface area (Å²) in [6, 6.07) is 15.8. The topological polar surface area (TPSA) is 57.8 Å². The van der Waals surface area contributed by atoms with Crippen LogP contribution in [0.1, 0.15) is 19.0 Å². The van der Waals surface area contributed by atoms with Crippen LogP contribution in [0.4, 0.5) is 11.6 Å². The SMILES string of the molecule is CCCc1cc(=O)[nH]c(Nc2ccc3ccccc3c2)n1. The number of hydrogen-bond donors (Lipinski definition) is 2. The van der Waals surface area contributed by atoms with Gasteiger partial charge in [0.2, 0.25) is 5.95 Å². The van der Waals surface area contributed by atoms with Crippen molar-refractivity contribution in [3.8, 4) is 0 Å². The molecular weight excluding hydrogens is 262 g/mol. The van der Waals surface area contributed by atoms with Crippen molar-refractivity contribution in [2.45, 2.75) is 19.8 Å². The molecule has 0 spiro atoms. The van der Waals surface area contributed by atoms with Gasteiger partial charge in [0.25, 0.3) is 5.56 Å². The number of aromatic nitrogens is 2. The molecule has 0 fully saturated rings. The van der Waals surface area contributed by atoms with Crippen LogP contribution in [-0.2, 0) is 6.42 Å². The summed E-state index contributed by atoms with van der Waals surface area (Å²) in [4.78, 5) is 18.8. The van der Waals surface area contributed by atoms with E-state index in [1.165, 1.54) is 5.39 Å². The lowest BCUT2D eigenvalue weighted by Crippen LogP contribution is -2.12. The minimum Gasteiger partial charge on any atom is -0.326 e. The van der Waals surface area contributed by atoms with Gasteiger partial charge >= 0.3 is 0 Å². The molecule has 0 radical (unpaired) electrons. The van der Waals surface area contributed by atoms with E-state index in [4.69, 9.17) is 0 Å². The molecule has 0 aliphatic rings. The van der Waals surface area contributed by atoms with Crippen molar-refractivity contribution < 1.29 is 0 Å². The van der Waals surface area contributed by atoms with E-state index in [2.05, 4.69) is 34.3 Å². The molecule has 0 aliphatic carbocycles. The van der Waals surface area contributed by atoms with E-state index in [0.717, 1.165) is 29.6 Å². The fraction of sp³-hybridized carbons (Fsp3) is 0.176. The molecule has 21 heavy (non-hydrogen) atoms. The maximum absolute atomic E-state index is 11.7.